The van der Waals surface area contributed by atoms with Crippen molar-refractivity contribution >= 4 is 10.0 Å². The number of hydrogen-bond donors (Lipinski definition) is 2. The summed E-state index contributed by atoms with van der Waals surface area (Å²) in [6.07, 6.45) is 1.54. The molecule has 0 spiro atoms. The first kappa shape index (κ1) is 14.0. The smallest absolute Gasteiger partial charge is 0.243 e. The van der Waals surface area contributed by atoms with Crippen molar-refractivity contribution in [2.45, 2.75) is 30.2 Å². The van der Waals surface area contributed by atoms with Crippen LogP contribution in [0.25, 0.3) is 0 Å². The van der Waals surface area contributed by atoms with Gasteiger partial charge in [0.15, 0.2) is 0 Å². The van der Waals surface area contributed by atoms with E-state index in [1.54, 1.807) is 6.92 Å². The van der Waals surface area contributed by atoms with Gasteiger partial charge in [-0.25, -0.2) is 17.5 Å². The zero-order chi connectivity index (χ0) is 14.1. The highest BCUT2D eigenvalue weighted by Gasteiger charge is 2.41. The lowest BCUT2D eigenvalue weighted by molar-refractivity contribution is 0.540. The molecule has 1 aliphatic carbocycles. The molecular formula is C13H15FN2O2S. The predicted octanol–water partition coefficient (Wildman–Crippen LogP) is 0.967. The highest BCUT2D eigenvalue weighted by Crippen LogP contribution is 2.36. The fourth-order valence-corrected chi connectivity index (χ4v) is 3.14. The molecule has 1 aromatic rings. The molecule has 6 heteroatoms. The first-order valence-corrected chi connectivity index (χ1v) is 7.37. The summed E-state index contributed by atoms with van der Waals surface area (Å²) in [5.74, 6) is 4.43. The third-order valence-electron chi connectivity index (χ3n) is 2.94. The molecule has 0 aliphatic heterocycles. The molecule has 0 radical (unpaired) electrons. The van der Waals surface area contributed by atoms with Crippen LogP contribution in [0.2, 0.25) is 0 Å². The van der Waals surface area contributed by atoms with Gasteiger partial charge in [-0.2, -0.15) is 0 Å². The van der Waals surface area contributed by atoms with E-state index in [9.17, 15) is 12.8 Å². The lowest BCUT2D eigenvalue weighted by atomic mass is 10.2. The maximum absolute atomic E-state index is 13.9. The van der Waals surface area contributed by atoms with Crippen LogP contribution in [-0.4, -0.2) is 20.5 Å². The van der Waals surface area contributed by atoms with Crippen molar-refractivity contribution in [1.82, 2.24) is 4.72 Å². The van der Waals surface area contributed by atoms with Gasteiger partial charge >= 0.3 is 0 Å². The third-order valence-corrected chi connectivity index (χ3v) is 4.61. The number of nitrogens with one attached hydrogen (secondary N) is 1. The third kappa shape index (κ3) is 3.32. The number of rotatable bonds is 3. The van der Waals surface area contributed by atoms with E-state index in [1.807, 2.05) is 0 Å². The van der Waals surface area contributed by atoms with E-state index in [2.05, 4.69) is 16.6 Å². The Balaban J connectivity index is 2.30. The molecule has 19 heavy (non-hydrogen) atoms. The molecule has 0 amide bonds. The molecule has 0 heterocycles. The van der Waals surface area contributed by atoms with Crippen molar-refractivity contribution in [2.24, 2.45) is 5.73 Å². The highest BCUT2D eigenvalue weighted by atomic mass is 32.2. The van der Waals surface area contributed by atoms with Gasteiger partial charge in [0, 0.05) is 11.1 Å². The van der Waals surface area contributed by atoms with Crippen molar-refractivity contribution in [3.05, 3.63) is 29.6 Å². The number of sulfonamides is 1. The summed E-state index contributed by atoms with van der Waals surface area (Å²) >= 11 is 0. The van der Waals surface area contributed by atoms with Gasteiger partial charge in [-0.15, -0.1) is 0 Å². The van der Waals surface area contributed by atoms with Crippen molar-refractivity contribution < 1.29 is 12.8 Å². The standard InChI is InChI=1S/C13H15FN2O2S/c1-13(6-7-13)16-19(17,18)12-5-4-10(3-2-8-15)9-11(12)14/h4-5,9,16H,6-8,15H2,1H3. The first-order valence-electron chi connectivity index (χ1n) is 5.89. The monoisotopic (exact) mass is 282 g/mol. The molecule has 3 N–H and O–H groups in total. The van der Waals surface area contributed by atoms with Gasteiger partial charge in [0.2, 0.25) is 10.0 Å². The van der Waals surface area contributed by atoms with Gasteiger partial charge in [-0.3, -0.25) is 0 Å². The predicted molar refractivity (Wildman–Crippen MR) is 70.3 cm³/mol. The normalized spacial score (nSPS) is 16.6. The van der Waals surface area contributed by atoms with Crippen LogP contribution in [0, 0.1) is 17.7 Å². The van der Waals surface area contributed by atoms with E-state index in [-0.39, 0.29) is 11.4 Å². The summed E-state index contributed by atoms with van der Waals surface area (Å²) in [4.78, 5) is -0.348. The Kier molecular flexibility index (Phi) is 3.63. The first-order chi connectivity index (χ1) is 8.86. The SMILES string of the molecule is CC1(NS(=O)(=O)c2ccc(C#CCN)cc2F)CC1. The van der Waals surface area contributed by atoms with Gasteiger partial charge in [0.05, 0.1) is 6.54 Å². The van der Waals surface area contributed by atoms with Gasteiger partial charge < -0.3 is 5.73 Å². The Bertz CT molecular complexity index is 655. The second kappa shape index (κ2) is 4.93. The van der Waals surface area contributed by atoms with Crippen LogP contribution in [-0.2, 0) is 10.0 Å². The summed E-state index contributed by atoms with van der Waals surface area (Å²) in [5, 5.41) is 0. The number of benzene rings is 1. The van der Waals surface area contributed by atoms with Crippen LogP contribution >= 0.6 is 0 Å². The molecule has 0 unspecified atom stereocenters. The van der Waals surface area contributed by atoms with Crippen LogP contribution in [0.1, 0.15) is 25.3 Å². The summed E-state index contributed by atoms with van der Waals surface area (Å²) in [5.41, 5.74) is 5.19. The van der Waals surface area contributed by atoms with Crippen LogP contribution in [0.5, 0.6) is 0 Å². The van der Waals surface area contributed by atoms with E-state index < -0.39 is 21.4 Å². The van der Waals surface area contributed by atoms with E-state index in [0.29, 0.717) is 5.56 Å². The Labute approximate surface area is 112 Å². The fourth-order valence-electron chi connectivity index (χ4n) is 1.62. The van der Waals surface area contributed by atoms with E-state index in [1.165, 1.54) is 12.1 Å². The van der Waals surface area contributed by atoms with Crippen LogP contribution in [0.4, 0.5) is 4.39 Å². The lowest BCUT2D eigenvalue weighted by Gasteiger charge is -2.12. The average Bonchev–Trinajstić information content (AvgIpc) is 3.02. The maximum atomic E-state index is 13.9. The van der Waals surface area contributed by atoms with Crippen LogP contribution in [0.15, 0.2) is 23.1 Å². The zero-order valence-electron chi connectivity index (χ0n) is 10.5. The summed E-state index contributed by atoms with van der Waals surface area (Å²) < 4.78 is 40.4. The minimum absolute atomic E-state index is 0.168. The quantitative estimate of drug-likeness (QED) is 0.811. The van der Waals surface area contributed by atoms with Crippen molar-refractivity contribution in [3.63, 3.8) is 0 Å². The Hall–Kier alpha value is -1.42. The minimum Gasteiger partial charge on any atom is -0.320 e. The molecule has 102 valence electrons. The molecule has 1 aliphatic rings. The van der Waals surface area contributed by atoms with E-state index in [0.717, 1.165) is 18.9 Å². The topological polar surface area (TPSA) is 72.2 Å². The Morgan fingerprint density at radius 2 is 2.16 bits per heavy atom. The Morgan fingerprint density at radius 1 is 1.47 bits per heavy atom. The highest BCUT2D eigenvalue weighted by molar-refractivity contribution is 7.89. The van der Waals surface area contributed by atoms with E-state index in [4.69, 9.17) is 5.73 Å². The second-order valence-electron chi connectivity index (χ2n) is 4.82. The zero-order valence-corrected chi connectivity index (χ0v) is 11.3. The van der Waals surface area contributed by atoms with Crippen LogP contribution in [0.3, 0.4) is 0 Å². The van der Waals surface area contributed by atoms with Gasteiger partial charge in [-0.05, 0) is 38.0 Å². The molecule has 0 saturated heterocycles. The number of halogens is 1. The molecule has 4 nitrogen and oxygen atoms in total. The molecule has 0 bridgehead atoms. The molecule has 0 aromatic heterocycles. The second-order valence-corrected chi connectivity index (χ2v) is 6.47. The average molecular weight is 282 g/mol. The van der Waals surface area contributed by atoms with Gasteiger partial charge in [0.25, 0.3) is 0 Å². The Morgan fingerprint density at radius 3 is 2.68 bits per heavy atom. The van der Waals surface area contributed by atoms with Gasteiger partial charge in [0.1, 0.15) is 10.7 Å². The van der Waals surface area contributed by atoms with Crippen molar-refractivity contribution in [1.29, 1.82) is 0 Å². The summed E-state index contributed by atoms with van der Waals surface area (Å²) in [6.45, 7) is 1.96. The molecular weight excluding hydrogens is 267 g/mol. The minimum atomic E-state index is -3.82. The van der Waals surface area contributed by atoms with Crippen molar-refractivity contribution in [3.8, 4) is 11.8 Å². The van der Waals surface area contributed by atoms with Gasteiger partial charge in [-0.1, -0.05) is 11.8 Å². The van der Waals surface area contributed by atoms with Crippen molar-refractivity contribution in [2.75, 3.05) is 6.54 Å². The molecule has 1 saturated carbocycles. The maximum Gasteiger partial charge on any atom is 0.243 e. The number of hydrogen-bond acceptors (Lipinski definition) is 3. The summed E-state index contributed by atoms with van der Waals surface area (Å²) in [6, 6.07) is 3.80. The molecule has 1 aromatic carbocycles. The van der Waals surface area contributed by atoms with Crippen LogP contribution < -0.4 is 10.5 Å². The summed E-state index contributed by atoms with van der Waals surface area (Å²) in [7, 11) is -3.82. The number of nitrogens with two attached hydrogens (primary N) is 1. The lowest BCUT2D eigenvalue weighted by Crippen LogP contribution is -2.34. The molecule has 1 fully saturated rings. The molecule has 2 rings (SSSR count). The fraction of sp³-hybridized carbons (Fsp3) is 0.385. The molecule has 0 atom stereocenters. The largest absolute Gasteiger partial charge is 0.320 e. The van der Waals surface area contributed by atoms with E-state index >= 15 is 0 Å².